The fourth-order valence-corrected chi connectivity index (χ4v) is 3.22. The number of ketones is 2. The van der Waals surface area contributed by atoms with E-state index in [9.17, 15) is 9.59 Å². The van der Waals surface area contributed by atoms with Crippen molar-refractivity contribution in [3.63, 3.8) is 0 Å². The van der Waals surface area contributed by atoms with Gasteiger partial charge in [-0.25, -0.2) is 0 Å². The van der Waals surface area contributed by atoms with Crippen molar-refractivity contribution in [3.05, 3.63) is 59.7 Å². The van der Waals surface area contributed by atoms with Crippen molar-refractivity contribution in [1.29, 1.82) is 0 Å². The van der Waals surface area contributed by atoms with Crippen LogP contribution in [0.25, 0.3) is 0 Å². The summed E-state index contributed by atoms with van der Waals surface area (Å²) in [5, 5.41) is 0. The van der Waals surface area contributed by atoms with Gasteiger partial charge in [-0.3, -0.25) is 9.59 Å². The minimum Gasteiger partial charge on any atom is -0.494 e. The molecule has 2 aromatic carbocycles. The molecule has 0 atom stereocenters. The van der Waals surface area contributed by atoms with Gasteiger partial charge in [-0.15, -0.1) is 0 Å². The summed E-state index contributed by atoms with van der Waals surface area (Å²) in [6.07, 6.45) is 9.50. The van der Waals surface area contributed by atoms with E-state index < -0.39 is 0 Å². The predicted molar refractivity (Wildman–Crippen MR) is 121 cm³/mol. The maximum absolute atomic E-state index is 11.2. The SMILES string of the molecule is CC(=O)c1ccc(OCCCCCCCCCCOc2ccc(C(C)=O)cc2)cc1. The average molecular weight is 411 g/mol. The van der Waals surface area contributed by atoms with Gasteiger partial charge >= 0.3 is 0 Å². The number of ether oxygens (including phenoxy) is 2. The van der Waals surface area contributed by atoms with Gasteiger partial charge in [0.15, 0.2) is 11.6 Å². The molecule has 30 heavy (non-hydrogen) atoms. The summed E-state index contributed by atoms with van der Waals surface area (Å²) >= 11 is 0. The van der Waals surface area contributed by atoms with Crippen molar-refractivity contribution in [2.24, 2.45) is 0 Å². The van der Waals surface area contributed by atoms with E-state index in [4.69, 9.17) is 9.47 Å². The van der Waals surface area contributed by atoms with Crippen LogP contribution in [0.3, 0.4) is 0 Å². The maximum Gasteiger partial charge on any atom is 0.159 e. The monoisotopic (exact) mass is 410 g/mol. The number of unbranched alkanes of at least 4 members (excludes halogenated alkanes) is 7. The highest BCUT2D eigenvalue weighted by atomic mass is 16.5. The molecule has 4 nitrogen and oxygen atoms in total. The highest BCUT2D eigenvalue weighted by molar-refractivity contribution is 5.94. The zero-order valence-electron chi connectivity index (χ0n) is 18.3. The Balaban J connectivity index is 1.39. The smallest absolute Gasteiger partial charge is 0.159 e. The van der Waals surface area contributed by atoms with Gasteiger partial charge in [0, 0.05) is 11.1 Å². The van der Waals surface area contributed by atoms with E-state index in [0.29, 0.717) is 0 Å². The lowest BCUT2D eigenvalue weighted by molar-refractivity contribution is 0.100. The second-order valence-corrected chi connectivity index (χ2v) is 7.69. The third-order valence-electron chi connectivity index (χ3n) is 5.10. The number of hydrogen-bond donors (Lipinski definition) is 0. The van der Waals surface area contributed by atoms with E-state index >= 15 is 0 Å². The molecule has 0 amide bonds. The van der Waals surface area contributed by atoms with Crippen LogP contribution >= 0.6 is 0 Å². The van der Waals surface area contributed by atoms with E-state index in [1.165, 1.54) is 38.5 Å². The Morgan fingerprint density at radius 2 is 0.833 bits per heavy atom. The summed E-state index contributed by atoms with van der Waals surface area (Å²) in [6.45, 7) is 4.59. The molecule has 0 aliphatic heterocycles. The van der Waals surface area contributed by atoms with Gasteiger partial charge in [-0.05, 0) is 75.2 Å². The second-order valence-electron chi connectivity index (χ2n) is 7.69. The van der Waals surface area contributed by atoms with Crippen molar-refractivity contribution < 1.29 is 19.1 Å². The Kier molecular flexibility index (Phi) is 10.7. The number of benzene rings is 2. The predicted octanol–water partition coefficient (Wildman–Crippen LogP) is 6.67. The Morgan fingerprint density at radius 1 is 0.533 bits per heavy atom. The van der Waals surface area contributed by atoms with E-state index in [2.05, 4.69) is 0 Å². The molecule has 0 aliphatic rings. The zero-order valence-corrected chi connectivity index (χ0v) is 18.3. The molecule has 0 saturated heterocycles. The van der Waals surface area contributed by atoms with Crippen LogP contribution in [0.15, 0.2) is 48.5 Å². The van der Waals surface area contributed by atoms with Crippen molar-refractivity contribution in [1.82, 2.24) is 0 Å². The summed E-state index contributed by atoms with van der Waals surface area (Å²) < 4.78 is 11.5. The molecule has 162 valence electrons. The van der Waals surface area contributed by atoms with Crippen LogP contribution in [0.4, 0.5) is 0 Å². The minimum absolute atomic E-state index is 0.0783. The van der Waals surface area contributed by atoms with Crippen molar-refractivity contribution >= 4 is 11.6 Å². The molecule has 4 heteroatoms. The minimum atomic E-state index is 0.0783. The van der Waals surface area contributed by atoms with Gasteiger partial charge in [-0.1, -0.05) is 38.5 Å². The third-order valence-corrected chi connectivity index (χ3v) is 5.10. The first kappa shape index (κ1) is 23.7. The van der Waals surface area contributed by atoms with Gasteiger partial charge in [0.25, 0.3) is 0 Å². The Bertz CT molecular complexity index is 695. The lowest BCUT2D eigenvalue weighted by Gasteiger charge is -2.07. The molecule has 0 unspecified atom stereocenters. The lowest BCUT2D eigenvalue weighted by atomic mass is 10.1. The number of hydrogen-bond acceptors (Lipinski definition) is 4. The highest BCUT2D eigenvalue weighted by Gasteiger charge is 2.01. The quantitative estimate of drug-likeness (QED) is 0.243. The molecule has 0 heterocycles. The maximum atomic E-state index is 11.2. The first-order valence-corrected chi connectivity index (χ1v) is 11.0. The zero-order chi connectivity index (χ0) is 21.6. The Hall–Kier alpha value is -2.62. The first-order chi connectivity index (χ1) is 14.6. The molecule has 0 fully saturated rings. The molecule has 2 rings (SSSR count). The van der Waals surface area contributed by atoms with E-state index in [1.807, 2.05) is 48.5 Å². The topological polar surface area (TPSA) is 52.6 Å². The lowest BCUT2D eigenvalue weighted by Crippen LogP contribution is -1.99. The molecule has 0 radical (unpaired) electrons. The van der Waals surface area contributed by atoms with Crippen LogP contribution < -0.4 is 9.47 Å². The number of carbonyl (C=O) groups excluding carboxylic acids is 2. The first-order valence-electron chi connectivity index (χ1n) is 11.0. The summed E-state index contributed by atoms with van der Waals surface area (Å²) in [6, 6.07) is 14.7. The Morgan fingerprint density at radius 3 is 1.13 bits per heavy atom. The number of carbonyl (C=O) groups is 2. The molecule has 0 aromatic heterocycles. The van der Waals surface area contributed by atoms with Gasteiger partial charge in [0.2, 0.25) is 0 Å². The molecule has 0 saturated carbocycles. The third kappa shape index (κ3) is 9.25. The fourth-order valence-electron chi connectivity index (χ4n) is 3.22. The summed E-state index contributed by atoms with van der Waals surface area (Å²) in [4.78, 5) is 22.5. The number of rotatable bonds is 15. The summed E-state index contributed by atoms with van der Waals surface area (Å²) in [5.41, 5.74) is 1.44. The molecular weight excluding hydrogens is 376 g/mol. The highest BCUT2D eigenvalue weighted by Crippen LogP contribution is 2.15. The standard InChI is InChI=1S/C26H34O4/c1-21(27)23-11-15-25(16-12-23)29-19-9-7-5-3-4-6-8-10-20-30-26-17-13-24(14-18-26)22(2)28/h11-18H,3-10,19-20H2,1-2H3. The average Bonchev–Trinajstić information content (AvgIpc) is 2.75. The van der Waals surface area contributed by atoms with Crippen LogP contribution in [0.2, 0.25) is 0 Å². The van der Waals surface area contributed by atoms with Gasteiger partial charge in [-0.2, -0.15) is 0 Å². The molecule has 0 spiro atoms. The van der Waals surface area contributed by atoms with Crippen LogP contribution in [-0.4, -0.2) is 24.8 Å². The van der Waals surface area contributed by atoms with E-state index in [1.54, 1.807) is 13.8 Å². The molecule has 0 aliphatic carbocycles. The van der Waals surface area contributed by atoms with Crippen molar-refractivity contribution in [2.75, 3.05) is 13.2 Å². The van der Waals surface area contributed by atoms with Crippen molar-refractivity contribution in [3.8, 4) is 11.5 Å². The fraction of sp³-hybridized carbons (Fsp3) is 0.462. The largest absolute Gasteiger partial charge is 0.494 e. The second kappa shape index (κ2) is 13.6. The Labute approximate surface area is 180 Å². The van der Waals surface area contributed by atoms with Crippen LogP contribution in [0, 0.1) is 0 Å². The van der Waals surface area contributed by atoms with Gasteiger partial charge in [0.1, 0.15) is 11.5 Å². The summed E-state index contributed by atoms with van der Waals surface area (Å²) in [5.74, 6) is 1.82. The van der Waals surface area contributed by atoms with E-state index in [-0.39, 0.29) is 11.6 Å². The van der Waals surface area contributed by atoms with Gasteiger partial charge in [0.05, 0.1) is 13.2 Å². The van der Waals surface area contributed by atoms with Crippen LogP contribution in [0.1, 0.15) is 85.9 Å². The molecule has 2 aromatic rings. The van der Waals surface area contributed by atoms with E-state index in [0.717, 1.165) is 48.7 Å². The van der Waals surface area contributed by atoms with Crippen LogP contribution in [-0.2, 0) is 0 Å². The molecule has 0 bridgehead atoms. The summed E-state index contributed by atoms with van der Waals surface area (Å²) in [7, 11) is 0. The molecular formula is C26H34O4. The normalized spacial score (nSPS) is 10.6. The van der Waals surface area contributed by atoms with Crippen LogP contribution in [0.5, 0.6) is 11.5 Å². The number of Topliss-reactive ketones (excluding diaryl/α,β-unsaturated/α-hetero) is 2. The molecule has 0 N–H and O–H groups in total. The van der Waals surface area contributed by atoms with Gasteiger partial charge < -0.3 is 9.47 Å². The van der Waals surface area contributed by atoms with Crippen molar-refractivity contribution in [2.45, 2.75) is 65.2 Å².